The Morgan fingerprint density at radius 1 is 1.33 bits per heavy atom. The van der Waals surface area contributed by atoms with Crippen molar-refractivity contribution in [1.82, 2.24) is 18.8 Å². The molecule has 1 unspecified atom stereocenters. The van der Waals surface area contributed by atoms with Gasteiger partial charge in [-0.2, -0.15) is 4.31 Å². The van der Waals surface area contributed by atoms with E-state index in [9.17, 15) is 8.42 Å². The minimum atomic E-state index is -3.39. The quantitative estimate of drug-likeness (QED) is 0.849. The highest BCUT2D eigenvalue weighted by Gasteiger charge is 2.35. The van der Waals surface area contributed by atoms with Crippen LogP contribution in [0.1, 0.15) is 11.9 Å². The lowest BCUT2D eigenvalue weighted by molar-refractivity contribution is 0.140. The number of thiophene rings is 1. The van der Waals surface area contributed by atoms with Gasteiger partial charge in [0.05, 0.1) is 6.04 Å². The van der Waals surface area contributed by atoms with Crippen LogP contribution in [0, 0.1) is 0 Å². The summed E-state index contributed by atoms with van der Waals surface area (Å²) in [6, 6.07) is 3.41. The monoisotopic (exact) mass is 326 g/mol. The Balaban J connectivity index is 1.88. The molecule has 2 aromatic rings. The standard InChI is InChI=1S/C13H18N4O2S2/c1-15-7-8-17(21(18,19)12-4-3-9-20-12)10-11(15)13-14-5-6-16(13)2/h3-6,9,11H,7-8,10H2,1-2H3. The summed E-state index contributed by atoms with van der Waals surface area (Å²) in [4.78, 5) is 6.53. The maximum atomic E-state index is 12.6. The van der Waals surface area contributed by atoms with Crippen LogP contribution in [0.2, 0.25) is 0 Å². The number of imidazole rings is 1. The molecule has 0 aromatic carbocycles. The fourth-order valence-electron chi connectivity index (χ4n) is 2.58. The Labute approximate surface area is 128 Å². The summed E-state index contributed by atoms with van der Waals surface area (Å²) in [5, 5.41) is 1.79. The average Bonchev–Trinajstić information content (AvgIpc) is 3.10. The molecule has 0 radical (unpaired) electrons. The molecular weight excluding hydrogens is 308 g/mol. The van der Waals surface area contributed by atoms with Gasteiger partial charge in [0.2, 0.25) is 0 Å². The summed E-state index contributed by atoms with van der Waals surface area (Å²) in [6.07, 6.45) is 3.63. The first kappa shape index (κ1) is 14.7. The smallest absolute Gasteiger partial charge is 0.252 e. The van der Waals surface area contributed by atoms with Crippen LogP contribution in [-0.4, -0.2) is 53.9 Å². The van der Waals surface area contributed by atoms with Gasteiger partial charge < -0.3 is 4.57 Å². The van der Waals surface area contributed by atoms with Gasteiger partial charge in [-0.1, -0.05) is 6.07 Å². The first-order valence-corrected chi connectivity index (χ1v) is 9.03. The molecule has 6 nitrogen and oxygen atoms in total. The van der Waals surface area contributed by atoms with E-state index in [-0.39, 0.29) is 6.04 Å². The minimum absolute atomic E-state index is 0.0199. The number of aromatic nitrogens is 2. The van der Waals surface area contributed by atoms with Crippen molar-refractivity contribution >= 4 is 21.4 Å². The van der Waals surface area contributed by atoms with Crippen molar-refractivity contribution in [2.24, 2.45) is 7.05 Å². The maximum absolute atomic E-state index is 12.6. The van der Waals surface area contributed by atoms with Crippen LogP contribution in [-0.2, 0) is 17.1 Å². The van der Waals surface area contributed by atoms with E-state index in [4.69, 9.17) is 0 Å². The molecule has 8 heteroatoms. The molecule has 0 N–H and O–H groups in total. The molecule has 3 heterocycles. The van der Waals surface area contributed by atoms with Crippen molar-refractivity contribution in [1.29, 1.82) is 0 Å². The molecule has 3 rings (SSSR count). The molecule has 2 aromatic heterocycles. The van der Waals surface area contributed by atoms with Gasteiger partial charge in [-0.25, -0.2) is 13.4 Å². The molecule has 1 fully saturated rings. The molecular formula is C13H18N4O2S2. The molecule has 0 bridgehead atoms. The number of hydrogen-bond acceptors (Lipinski definition) is 5. The number of likely N-dealkylation sites (N-methyl/N-ethyl adjacent to an activating group) is 1. The van der Waals surface area contributed by atoms with Gasteiger partial charge in [-0.15, -0.1) is 11.3 Å². The summed E-state index contributed by atoms with van der Waals surface area (Å²) in [7, 11) is 0.551. The lowest BCUT2D eigenvalue weighted by Crippen LogP contribution is -2.49. The number of rotatable bonds is 3. The van der Waals surface area contributed by atoms with E-state index in [1.807, 2.05) is 24.9 Å². The van der Waals surface area contributed by atoms with E-state index in [0.717, 1.165) is 5.82 Å². The third-order valence-corrected chi connectivity index (χ3v) is 7.09. The lowest BCUT2D eigenvalue weighted by Gasteiger charge is -2.37. The van der Waals surface area contributed by atoms with Crippen molar-refractivity contribution in [3.8, 4) is 0 Å². The molecule has 0 saturated carbocycles. The Morgan fingerprint density at radius 3 is 2.76 bits per heavy atom. The Hall–Kier alpha value is -1.22. The minimum Gasteiger partial charge on any atom is -0.337 e. The van der Waals surface area contributed by atoms with E-state index in [1.54, 1.807) is 28.0 Å². The van der Waals surface area contributed by atoms with E-state index in [1.165, 1.54) is 11.3 Å². The van der Waals surface area contributed by atoms with Crippen LogP contribution in [0.15, 0.2) is 34.1 Å². The number of hydrogen-bond donors (Lipinski definition) is 0. The molecule has 1 saturated heterocycles. The number of sulfonamides is 1. The number of aryl methyl sites for hydroxylation is 1. The summed E-state index contributed by atoms with van der Waals surface area (Å²) in [5.41, 5.74) is 0. The largest absolute Gasteiger partial charge is 0.337 e. The van der Waals surface area contributed by atoms with E-state index >= 15 is 0 Å². The molecule has 114 valence electrons. The summed E-state index contributed by atoms with van der Waals surface area (Å²) >= 11 is 1.26. The second-order valence-electron chi connectivity index (χ2n) is 5.19. The topological polar surface area (TPSA) is 58.4 Å². The SMILES string of the molecule is CN1CCN(S(=O)(=O)c2cccs2)CC1c1nccn1C. The van der Waals surface area contributed by atoms with Crippen molar-refractivity contribution in [3.63, 3.8) is 0 Å². The molecule has 1 aliphatic heterocycles. The second kappa shape index (κ2) is 5.53. The fraction of sp³-hybridized carbons (Fsp3) is 0.462. The maximum Gasteiger partial charge on any atom is 0.252 e. The zero-order valence-corrected chi connectivity index (χ0v) is 13.6. The first-order valence-electron chi connectivity index (χ1n) is 6.71. The second-order valence-corrected chi connectivity index (χ2v) is 8.30. The van der Waals surface area contributed by atoms with Gasteiger partial charge in [0.25, 0.3) is 10.0 Å². The van der Waals surface area contributed by atoms with Gasteiger partial charge >= 0.3 is 0 Å². The van der Waals surface area contributed by atoms with Crippen molar-refractivity contribution < 1.29 is 8.42 Å². The van der Waals surface area contributed by atoms with Crippen LogP contribution in [0.3, 0.4) is 0 Å². The van der Waals surface area contributed by atoms with Gasteiger partial charge in [-0.05, 0) is 18.5 Å². The molecule has 0 spiro atoms. The van der Waals surface area contributed by atoms with E-state index in [0.29, 0.717) is 23.8 Å². The van der Waals surface area contributed by atoms with Gasteiger partial charge in [-0.3, -0.25) is 4.90 Å². The Morgan fingerprint density at radius 2 is 2.14 bits per heavy atom. The molecule has 21 heavy (non-hydrogen) atoms. The highest BCUT2D eigenvalue weighted by Crippen LogP contribution is 2.28. The summed E-state index contributed by atoms with van der Waals surface area (Å²) in [5.74, 6) is 0.892. The Bertz CT molecular complexity index is 708. The third kappa shape index (κ3) is 2.64. The predicted octanol–water partition coefficient (Wildman–Crippen LogP) is 1.16. The third-order valence-electron chi connectivity index (χ3n) is 3.86. The number of piperazine rings is 1. The summed E-state index contributed by atoms with van der Waals surface area (Å²) < 4.78 is 29.2. The lowest BCUT2D eigenvalue weighted by atomic mass is 10.2. The van der Waals surface area contributed by atoms with Gasteiger partial charge in [0, 0.05) is 39.1 Å². The molecule has 1 atom stereocenters. The normalized spacial score (nSPS) is 21.7. The molecule has 1 aliphatic rings. The average molecular weight is 326 g/mol. The van der Waals surface area contributed by atoms with Crippen LogP contribution >= 0.6 is 11.3 Å². The first-order chi connectivity index (χ1) is 10.00. The van der Waals surface area contributed by atoms with Crippen LogP contribution in [0.5, 0.6) is 0 Å². The predicted molar refractivity (Wildman–Crippen MR) is 81.7 cm³/mol. The molecule has 0 amide bonds. The molecule has 0 aliphatic carbocycles. The highest BCUT2D eigenvalue weighted by molar-refractivity contribution is 7.91. The van der Waals surface area contributed by atoms with Crippen LogP contribution in [0.25, 0.3) is 0 Å². The van der Waals surface area contributed by atoms with Gasteiger partial charge in [0.15, 0.2) is 0 Å². The van der Waals surface area contributed by atoms with Crippen LogP contribution in [0.4, 0.5) is 0 Å². The van der Waals surface area contributed by atoms with E-state index in [2.05, 4.69) is 9.88 Å². The highest BCUT2D eigenvalue weighted by atomic mass is 32.2. The number of nitrogens with zero attached hydrogens (tertiary/aromatic N) is 4. The van der Waals surface area contributed by atoms with Gasteiger partial charge in [0.1, 0.15) is 10.0 Å². The zero-order valence-electron chi connectivity index (χ0n) is 12.0. The van der Waals surface area contributed by atoms with Crippen molar-refractivity contribution in [2.75, 3.05) is 26.7 Å². The van der Waals surface area contributed by atoms with Crippen LogP contribution < -0.4 is 0 Å². The zero-order chi connectivity index (χ0) is 15.0. The summed E-state index contributed by atoms with van der Waals surface area (Å²) in [6.45, 7) is 1.64. The van der Waals surface area contributed by atoms with Crippen molar-refractivity contribution in [2.45, 2.75) is 10.3 Å². The Kier molecular flexibility index (Phi) is 3.87. The van der Waals surface area contributed by atoms with E-state index < -0.39 is 10.0 Å². The van der Waals surface area contributed by atoms with Crippen molar-refractivity contribution in [3.05, 3.63) is 35.7 Å². The fourth-order valence-corrected chi connectivity index (χ4v) is 5.16.